The molecule has 0 fully saturated rings. The Bertz CT molecular complexity index is 778. The Balaban J connectivity index is 1.99. The van der Waals surface area contributed by atoms with Crippen molar-refractivity contribution in [2.45, 2.75) is 6.92 Å². The van der Waals surface area contributed by atoms with Crippen molar-refractivity contribution in [2.24, 2.45) is 0 Å². The Kier molecular flexibility index (Phi) is 6.92. The fourth-order valence-electron chi connectivity index (χ4n) is 2.24. The van der Waals surface area contributed by atoms with Crippen molar-refractivity contribution in [1.29, 1.82) is 0 Å². The van der Waals surface area contributed by atoms with E-state index in [0.29, 0.717) is 11.4 Å². The maximum Gasteiger partial charge on any atom is 0.340 e. The number of rotatable bonds is 9. The maximum absolute atomic E-state index is 12.3. The average molecular weight is 360 g/mol. The molecule has 0 spiro atoms. The van der Waals surface area contributed by atoms with E-state index in [1.807, 2.05) is 31.2 Å². The number of nitrogens with one attached hydrogen (secondary N) is 1. The summed E-state index contributed by atoms with van der Waals surface area (Å²) >= 11 is 0. The standard InChI is InChI=1S/C18H20N2O6/c1-13-4-2-3-5-17(13)25-10-11-26-18(22)15-12-14(20(23)24)6-7-16(15)19-8-9-21/h2-7,12,19,21H,8-11H2,1H3. The fraction of sp³-hybridized carbons (Fsp3) is 0.278. The highest BCUT2D eigenvalue weighted by molar-refractivity contribution is 5.96. The number of nitrogens with zero attached hydrogens (tertiary/aromatic N) is 1. The van der Waals surface area contributed by atoms with Crippen LogP contribution >= 0.6 is 0 Å². The number of aliphatic hydroxyl groups excluding tert-OH is 1. The smallest absolute Gasteiger partial charge is 0.340 e. The molecule has 0 unspecified atom stereocenters. The van der Waals surface area contributed by atoms with Crippen molar-refractivity contribution in [3.8, 4) is 5.75 Å². The Morgan fingerprint density at radius 2 is 2.00 bits per heavy atom. The summed E-state index contributed by atoms with van der Waals surface area (Å²) in [4.78, 5) is 22.6. The lowest BCUT2D eigenvalue weighted by Gasteiger charge is -2.12. The molecule has 0 aromatic heterocycles. The number of non-ortho nitro benzene ring substituents is 1. The molecule has 2 rings (SSSR count). The second-order valence-corrected chi connectivity index (χ2v) is 5.39. The summed E-state index contributed by atoms with van der Waals surface area (Å²) in [5.74, 6) is -0.00766. The van der Waals surface area contributed by atoms with Crippen LogP contribution in [0.15, 0.2) is 42.5 Å². The third kappa shape index (κ3) is 5.18. The van der Waals surface area contributed by atoms with Crippen LogP contribution in [-0.2, 0) is 4.74 Å². The van der Waals surface area contributed by atoms with Crippen LogP contribution in [0.5, 0.6) is 5.75 Å². The highest BCUT2D eigenvalue weighted by atomic mass is 16.6. The van der Waals surface area contributed by atoms with Crippen LogP contribution in [-0.4, -0.2) is 42.4 Å². The number of aryl methyl sites for hydroxylation is 1. The van der Waals surface area contributed by atoms with Gasteiger partial charge in [-0.3, -0.25) is 10.1 Å². The average Bonchev–Trinajstić information content (AvgIpc) is 2.64. The number of esters is 1. The summed E-state index contributed by atoms with van der Waals surface area (Å²) in [6.07, 6.45) is 0. The van der Waals surface area contributed by atoms with Gasteiger partial charge in [0, 0.05) is 24.4 Å². The molecular formula is C18H20N2O6. The third-order valence-corrected chi connectivity index (χ3v) is 3.53. The van der Waals surface area contributed by atoms with Gasteiger partial charge in [-0.15, -0.1) is 0 Å². The number of carbonyl (C=O) groups excluding carboxylic acids is 1. The van der Waals surface area contributed by atoms with E-state index in [4.69, 9.17) is 14.6 Å². The van der Waals surface area contributed by atoms with Crippen molar-refractivity contribution in [3.05, 3.63) is 63.7 Å². The first-order valence-electron chi connectivity index (χ1n) is 8.01. The number of anilines is 1. The third-order valence-electron chi connectivity index (χ3n) is 3.53. The topological polar surface area (TPSA) is 111 Å². The lowest BCUT2D eigenvalue weighted by Crippen LogP contribution is -2.16. The Morgan fingerprint density at radius 3 is 2.69 bits per heavy atom. The number of nitro groups is 1. The summed E-state index contributed by atoms with van der Waals surface area (Å²) in [6.45, 7) is 2.12. The van der Waals surface area contributed by atoms with Crippen molar-refractivity contribution in [1.82, 2.24) is 0 Å². The minimum atomic E-state index is -0.706. The Hall–Kier alpha value is -3.13. The summed E-state index contributed by atoms with van der Waals surface area (Å²) in [6, 6.07) is 11.3. The monoisotopic (exact) mass is 360 g/mol. The molecule has 0 saturated heterocycles. The Labute approximate surface area is 150 Å². The van der Waals surface area contributed by atoms with Gasteiger partial charge in [0.2, 0.25) is 0 Å². The molecule has 8 nitrogen and oxygen atoms in total. The first kappa shape index (κ1) is 19.2. The van der Waals surface area contributed by atoms with Crippen LogP contribution in [0.3, 0.4) is 0 Å². The molecule has 2 aromatic rings. The first-order valence-corrected chi connectivity index (χ1v) is 8.01. The molecule has 26 heavy (non-hydrogen) atoms. The number of benzene rings is 2. The molecule has 0 aliphatic rings. The van der Waals surface area contributed by atoms with Gasteiger partial charge in [0.1, 0.15) is 19.0 Å². The van der Waals surface area contributed by atoms with Crippen LogP contribution in [0, 0.1) is 17.0 Å². The summed E-state index contributed by atoms with van der Waals surface area (Å²) in [5, 5.41) is 22.7. The zero-order valence-electron chi connectivity index (χ0n) is 14.3. The number of hydrogen-bond donors (Lipinski definition) is 2. The first-order chi connectivity index (χ1) is 12.5. The number of ether oxygens (including phenoxy) is 2. The van der Waals surface area contributed by atoms with E-state index in [9.17, 15) is 14.9 Å². The van der Waals surface area contributed by atoms with Gasteiger partial charge in [-0.25, -0.2) is 4.79 Å². The maximum atomic E-state index is 12.3. The molecule has 0 saturated carbocycles. The lowest BCUT2D eigenvalue weighted by atomic mass is 10.1. The number of para-hydroxylation sites is 1. The number of hydrogen-bond acceptors (Lipinski definition) is 7. The van der Waals surface area contributed by atoms with E-state index in [1.54, 1.807) is 0 Å². The molecule has 0 radical (unpaired) electrons. The van der Waals surface area contributed by atoms with Gasteiger partial charge < -0.3 is 19.9 Å². The van der Waals surface area contributed by atoms with Crippen LogP contribution < -0.4 is 10.1 Å². The molecule has 0 aliphatic carbocycles. The predicted molar refractivity (Wildman–Crippen MR) is 95.6 cm³/mol. The van der Waals surface area contributed by atoms with Gasteiger partial charge >= 0.3 is 5.97 Å². The second-order valence-electron chi connectivity index (χ2n) is 5.39. The number of nitro benzene ring substituents is 1. The molecule has 2 N–H and O–H groups in total. The van der Waals surface area contributed by atoms with Crippen molar-refractivity contribution < 1.29 is 24.3 Å². The molecule has 8 heteroatoms. The largest absolute Gasteiger partial charge is 0.490 e. The number of carbonyl (C=O) groups is 1. The molecular weight excluding hydrogens is 340 g/mol. The quantitative estimate of drug-likeness (QED) is 0.306. The van der Waals surface area contributed by atoms with Gasteiger partial charge in [-0.2, -0.15) is 0 Å². The minimum absolute atomic E-state index is 0.00466. The van der Waals surface area contributed by atoms with Crippen molar-refractivity contribution >= 4 is 17.3 Å². The van der Waals surface area contributed by atoms with E-state index in [2.05, 4.69) is 5.32 Å². The van der Waals surface area contributed by atoms with E-state index < -0.39 is 10.9 Å². The highest BCUT2D eigenvalue weighted by Crippen LogP contribution is 2.23. The summed E-state index contributed by atoms with van der Waals surface area (Å²) < 4.78 is 10.7. The zero-order valence-corrected chi connectivity index (χ0v) is 14.3. The van der Waals surface area contributed by atoms with Crippen LogP contribution in [0.1, 0.15) is 15.9 Å². The normalized spacial score (nSPS) is 10.2. The highest BCUT2D eigenvalue weighted by Gasteiger charge is 2.18. The van der Waals surface area contributed by atoms with Gasteiger partial charge in [0.05, 0.1) is 17.1 Å². The molecule has 0 atom stereocenters. The Morgan fingerprint density at radius 1 is 1.23 bits per heavy atom. The van der Waals surface area contributed by atoms with E-state index in [0.717, 1.165) is 11.6 Å². The van der Waals surface area contributed by atoms with Gasteiger partial charge in [-0.05, 0) is 24.6 Å². The van der Waals surface area contributed by atoms with Gasteiger partial charge in [0.25, 0.3) is 5.69 Å². The van der Waals surface area contributed by atoms with Crippen molar-refractivity contribution in [2.75, 3.05) is 31.7 Å². The molecule has 0 aliphatic heterocycles. The van der Waals surface area contributed by atoms with Gasteiger partial charge in [0.15, 0.2) is 0 Å². The van der Waals surface area contributed by atoms with Crippen LogP contribution in [0.25, 0.3) is 0 Å². The lowest BCUT2D eigenvalue weighted by molar-refractivity contribution is -0.384. The van der Waals surface area contributed by atoms with Gasteiger partial charge in [-0.1, -0.05) is 18.2 Å². The van der Waals surface area contributed by atoms with Crippen LogP contribution in [0.2, 0.25) is 0 Å². The fourth-order valence-corrected chi connectivity index (χ4v) is 2.24. The minimum Gasteiger partial charge on any atom is -0.490 e. The number of aliphatic hydroxyl groups is 1. The SMILES string of the molecule is Cc1ccccc1OCCOC(=O)c1cc([N+](=O)[O-])ccc1NCCO. The second kappa shape index (κ2) is 9.38. The molecule has 0 amide bonds. The van der Waals surface area contributed by atoms with E-state index >= 15 is 0 Å². The van der Waals surface area contributed by atoms with Crippen LogP contribution in [0.4, 0.5) is 11.4 Å². The summed E-state index contributed by atoms with van der Waals surface area (Å²) in [5.41, 5.74) is 1.13. The molecule has 138 valence electrons. The predicted octanol–water partition coefficient (Wildman–Crippen LogP) is 2.54. The molecule has 0 bridgehead atoms. The van der Waals surface area contributed by atoms with E-state index in [1.165, 1.54) is 12.1 Å². The molecule has 2 aromatic carbocycles. The van der Waals surface area contributed by atoms with E-state index in [-0.39, 0.29) is 37.6 Å². The van der Waals surface area contributed by atoms with Crippen molar-refractivity contribution in [3.63, 3.8) is 0 Å². The molecule has 0 heterocycles. The summed E-state index contributed by atoms with van der Waals surface area (Å²) in [7, 11) is 0. The zero-order chi connectivity index (χ0) is 18.9.